The van der Waals surface area contributed by atoms with E-state index in [2.05, 4.69) is 5.32 Å². The summed E-state index contributed by atoms with van der Waals surface area (Å²) in [4.78, 5) is 26.2. The van der Waals surface area contributed by atoms with Crippen molar-refractivity contribution in [2.24, 2.45) is 11.8 Å². The van der Waals surface area contributed by atoms with E-state index in [1.807, 2.05) is 53.4 Å². The molecule has 0 radical (unpaired) electrons. The highest BCUT2D eigenvalue weighted by atomic mass is 16.3. The lowest BCUT2D eigenvalue weighted by atomic mass is 9.94. The Hall–Kier alpha value is -2.66. The highest BCUT2D eigenvalue weighted by Crippen LogP contribution is 2.37. The molecule has 0 spiro atoms. The first-order valence-corrected chi connectivity index (χ1v) is 9.92. The van der Waals surface area contributed by atoms with E-state index in [0.717, 1.165) is 29.5 Å². The van der Waals surface area contributed by atoms with E-state index in [1.54, 1.807) is 7.05 Å². The van der Waals surface area contributed by atoms with Crippen LogP contribution in [-0.4, -0.2) is 48.1 Å². The van der Waals surface area contributed by atoms with Gasteiger partial charge < -0.3 is 15.3 Å². The highest BCUT2D eigenvalue weighted by Gasteiger charge is 2.42. The summed E-state index contributed by atoms with van der Waals surface area (Å²) in [6, 6.07) is 15.6. The van der Waals surface area contributed by atoms with Crippen LogP contribution < -0.4 is 5.32 Å². The number of carbonyl (C=O) groups excluding carboxylic acids is 2. The van der Waals surface area contributed by atoms with Crippen LogP contribution >= 0.6 is 0 Å². The number of fused-ring (bicyclic) bond motifs is 2. The van der Waals surface area contributed by atoms with Crippen LogP contribution in [0.4, 0.5) is 0 Å². The van der Waals surface area contributed by atoms with Crippen LogP contribution in [0.25, 0.3) is 11.1 Å². The average molecular weight is 378 g/mol. The molecule has 1 unspecified atom stereocenters. The van der Waals surface area contributed by atoms with Gasteiger partial charge in [0.2, 0.25) is 5.91 Å². The lowest BCUT2D eigenvalue weighted by molar-refractivity contribution is -0.119. The molecule has 1 saturated heterocycles. The van der Waals surface area contributed by atoms with E-state index in [-0.39, 0.29) is 29.8 Å². The van der Waals surface area contributed by atoms with Crippen molar-refractivity contribution in [3.8, 4) is 11.1 Å². The second-order valence-electron chi connectivity index (χ2n) is 7.92. The van der Waals surface area contributed by atoms with Gasteiger partial charge in [0, 0.05) is 37.5 Å². The van der Waals surface area contributed by atoms with Gasteiger partial charge in [-0.05, 0) is 41.7 Å². The monoisotopic (exact) mass is 378 g/mol. The van der Waals surface area contributed by atoms with Crippen molar-refractivity contribution in [3.05, 3.63) is 59.7 Å². The molecule has 5 nitrogen and oxygen atoms in total. The zero-order valence-corrected chi connectivity index (χ0v) is 16.1. The normalized spacial score (nSPS) is 23.5. The molecule has 1 aliphatic carbocycles. The number of hydrogen-bond donors (Lipinski definition) is 2. The molecule has 2 aromatic carbocycles. The largest absolute Gasteiger partial charge is 0.392 e. The predicted octanol–water partition coefficient (Wildman–Crippen LogP) is 2.49. The fourth-order valence-corrected chi connectivity index (χ4v) is 4.44. The lowest BCUT2D eigenvalue weighted by Gasteiger charge is -2.35. The van der Waals surface area contributed by atoms with Gasteiger partial charge in [-0.1, -0.05) is 36.4 Å². The van der Waals surface area contributed by atoms with Crippen molar-refractivity contribution in [2.75, 3.05) is 20.1 Å². The third kappa shape index (κ3) is 3.67. The number of rotatable bonds is 4. The first kappa shape index (κ1) is 18.7. The maximum Gasteiger partial charge on any atom is 0.253 e. The Morgan fingerprint density at radius 3 is 2.04 bits per heavy atom. The Kier molecular flexibility index (Phi) is 5.18. The summed E-state index contributed by atoms with van der Waals surface area (Å²) in [6.07, 6.45) is 2.17. The lowest BCUT2D eigenvalue weighted by Crippen LogP contribution is -2.47. The number of likely N-dealkylation sites (tertiary alicyclic amines) is 1. The summed E-state index contributed by atoms with van der Waals surface area (Å²) in [6.45, 7) is 1.32. The molecule has 2 bridgehead atoms. The van der Waals surface area contributed by atoms with Gasteiger partial charge in [-0.25, -0.2) is 0 Å². The predicted molar refractivity (Wildman–Crippen MR) is 108 cm³/mol. The zero-order valence-electron chi connectivity index (χ0n) is 16.1. The van der Waals surface area contributed by atoms with Gasteiger partial charge in [0.05, 0.1) is 12.5 Å². The van der Waals surface area contributed by atoms with Gasteiger partial charge in [-0.15, -0.1) is 0 Å². The van der Waals surface area contributed by atoms with Gasteiger partial charge in [0.1, 0.15) is 0 Å². The summed E-state index contributed by atoms with van der Waals surface area (Å²) in [7, 11) is 1.64. The number of aliphatic hydroxyl groups is 1. The number of aliphatic hydroxyl groups excluding tert-OH is 1. The molecular formula is C23H26N2O3. The van der Waals surface area contributed by atoms with Crippen LogP contribution in [0, 0.1) is 11.8 Å². The van der Waals surface area contributed by atoms with Crippen molar-refractivity contribution >= 4 is 11.8 Å². The standard InChI is InChI=1S/C23H26N2O3/c1-24-21(26)12-15-2-4-16(5-3-15)17-6-8-18(9-7-17)23(28)25-13-19-10-11-20(14-25)22(19)27/h2-9,19-20,22,27H,10-14H2,1H3,(H,24,26)/t19-,20+,22?. The Morgan fingerprint density at radius 1 is 0.964 bits per heavy atom. The quantitative estimate of drug-likeness (QED) is 0.859. The molecule has 4 rings (SSSR count). The minimum atomic E-state index is -0.238. The van der Waals surface area contributed by atoms with Crippen LogP contribution in [0.15, 0.2) is 48.5 Å². The molecule has 0 aromatic heterocycles. The third-order valence-electron chi connectivity index (χ3n) is 6.13. The van der Waals surface area contributed by atoms with E-state index >= 15 is 0 Å². The molecule has 2 amide bonds. The average Bonchev–Trinajstić information content (AvgIpc) is 2.94. The number of nitrogens with zero attached hydrogens (tertiary/aromatic N) is 1. The molecular weight excluding hydrogens is 352 g/mol. The van der Waals surface area contributed by atoms with E-state index in [9.17, 15) is 14.7 Å². The zero-order chi connectivity index (χ0) is 19.7. The first-order valence-electron chi connectivity index (χ1n) is 9.92. The Morgan fingerprint density at radius 2 is 1.50 bits per heavy atom. The summed E-state index contributed by atoms with van der Waals surface area (Å²) >= 11 is 0. The molecule has 2 aromatic rings. The van der Waals surface area contributed by atoms with Gasteiger partial charge in [-0.2, -0.15) is 0 Å². The number of carbonyl (C=O) groups is 2. The SMILES string of the molecule is CNC(=O)Cc1ccc(-c2ccc(C(=O)N3C[C@H]4CC[C@@H](C3)C4O)cc2)cc1. The molecule has 146 valence electrons. The maximum absolute atomic E-state index is 12.9. The smallest absolute Gasteiger partial charge is 0.253 e. The van der Waals surface area contributed by atoms with E-state index in [0.29, 0.717) is 25.1 Å². The fourth-order valence-electron chi connectivity index (χ4n) is 4.44. The number of benzene rings is 2. The second kappa shape index (κ2) is 7.76. The maximum atomic E-state index is 12.9. The molecule has 1 aliphatic heterocycles. The molecule has 2 fully saturated rings. The molecule has 1 heterocycles. The van der Waals surface area contributed by atoms with Crippen LogP contribution in [0.3, 0.4) is 0 Å². The Balaban J connectivity index is 1.44. The minimum Gasteiger partial charge on any atom is -0.392 e. The van der Waals surface area contributed by atoms with Gasteiger partial charge in [0.25, 0.3) is 5.91 Å². The molecule has 2 aliphatic rings. The van der Waals surface area contributed by atoms with E-state index in [4.69, 9.17) is 0 Å². The molecule has 5 heteroatoms. The van der Waals surface area contributed by atoms with Crippen molar-refractivity contribution < 1.29 is 14.7 Å². The number of piperidine rings is 1. The summed E-state index contributed by atoms with van der Waals surface area (Å²) in [5.74, 6) is 0.510. The first-order chi connectivity index (χ1) is 13.5. The van der Waals surface area contributed by atoms with Crippen LogP contribution in [0.5, 0.6) is 0 Å². The second-order valence-corrected chi connectivity index (χ2v) is 7.92. The summed E-state index contributed by atoms with van der Waals surface area (Å²) in [5.41, 5.74) is 3.75. The van der Waals surface area contributed by atoms with E-state index < -0.39 is 0 Å². The number of hydrogen-bond acceptors (Lipinski definition) is 3. The topological polar surface area (TPSA) is 69.6 Å². The Bertz CT molecular complexity index is 846. The van der Waals surface area contributed by atoms with E-state index in [1.165, 1.54) is 0 Å². The molecule has 2 N–H and O–H groups in total. The van der Waals surface area contributed by atoms with Crippen molar-refractivity contribution in [3.63, 3.8) is 0 Å². The van der Waals surface area contributed by atoms with Crippen LogP contribution in [0.2, 0.25) is 0 Å². The number of amides is 2. The summed E-state index contributed by atoms with van der Waals surface area (Å²) in [5, 5.41) is 12.8. The van der Waals surface area contributed by atoms with Gasteiger partial charge in [-0.3, -0.25) is 9.59 Å². The molecule has 3 atom stereocenters. The minimum absolute atomic E-state index is 0.00529. The number of nitrogens with one attached hydrogen (secondary N) is 1. The highest BCUT2D eigenvalue weighted by molar-refractivity contribution is 5.94. The van der Waals surface area contributed by atoms with Gasteiger partial charge in [0.15, 0.2) is 0 Å². The fraction of sp³-hybridized carbons (Fsp3) is 0.391. The Labute approximate surface area is 165 Å². The molecule has 1 saturated carbocycles. The van der Waals surface area contributed by atoms with Crippen LogP contribution in [0.1, 0.15) is 28.8 Å². The van der Waals surface area contributed by atoms with Crippen LogP contribution in [-0.2, 0) is 11.2 Å². The summed E-state index contributed by atoms with van der Waals surface area (Å²) < 4.78 is 0. The molecule has 28 heavy (non-hydrogen) atoms. The number of likely N-dealkylation sites (N-methyl/N-ethyl adjacent to an activating group) is 1. The third-order valence-corrected chi connectivity index (χ3v) is 6.13. The van der Waals surface area contributed by atoms with Gasteiger partial charge >= 0.3 is 0 Å². The van der Waals surface area contributed by atoms with Crippen molar-refractivity contribution in [1.29, 1.82) is 0 Å². The van der Waals surface area contributed by atoms with Crippen molar-refractivity contribution in [2.45, 2.75) is 25.4 Å². The van der Waals surface area contributed by atoms with Crippen molar-refractivity contribution in [1.82, 2.24) is 10.2 Å².